The fraction of sp³-hybridized carbons (Fsp3) is 0.278. The van der Waals surface area contributed by atoms with Gasteiger partial charge in [-0.1, -0.05) is 24.4 Å². The Hall–Kier alpha value is -2.40. The molecule has 122 valence electrons. The van der Waals surface area contributed by atoms with E-state index in [0.717, 1.165) is 11.3 Å². The Morgan fingerprint density at radius 1 is 1.38 bits per heavy atom. The summed E-state index contributed by atoms with van der Waals surface area (Å²) in [6.45, 7) is 3.69. The molecule has 0 bridgehead atoms. The van der Waals surface area contributed by atoms with Crippen molar-refractivity contribution in [2.75, 3.05) is 0 Å². The van der Waals surface area contributed by atoms with E-state index < -0.39 is 11.8 Å². The lowest BCUT2D eigenvalue weighted by molar-refractivity contribution is -0.745. The molecule has 2 aromatic heterocycles. The standard InChI is InChI=1S/C18H18N4OS/c1-12-6-3-4-9-22(12)16-15(13-7-5-8-20-11-13)14(10-19)17(24)21-18(16,2)23/h3-9,11,15-16,19,23H,1-2H3/p+1/t15-,16?,18+/m1/s1. The number of aromatic nitrogens is 2. The molecule has 0 radical (unpaired) electrons. The van der Waals surface area contributed by atoms with Gasteiger partial charge in [-0.3, -0.25) is 10.4 Å². The minimum atomic E-state index is -1.28. The number of nitrogens with zero attached hydrogens (tertiary/aromatic N) is 2. The zero-order valence-corrected chi connectivity index (χ0v) is 14.3. The first kappa shape index (κ1) is 16.5. The van der Waals surface area contributed by atoms with Crippen molar-refractivity contribution in [3.8, 4) is 0 Å². The molecule has 0 spiro atoms. The van der Waals surface area contributed by atoms with Crippen LogP contribution in [-0.4, -0.2) is 26.7 Å². The van der Waals surface area contributed by atoms with E-state index in [0.29, 0.717) is 10.6 Å². The van der Waals surface area contributed by atoms with Crippen LogP contribution in [-0.2, 0) is 0 Å². The highest BCUT2D eigenvalue weighted by atomic mass is 32.1. The highest BCUT2D eigenvalue weighted by Gasteiger charge is 2.53. The molecule has 3 N–H and O–H groups in total. The van der Waals surface area contributed by atoms with E-state index in [-0.39, 0.29) is 5.92 Å². The second kappa shape index (κ2) is 6.24. The fourth-order valence-electron chi connectivity index (χ4n) is 3.32. The zero-order chi connectivity index (χ0) is 17.3. The van der Waals surface area contributed by atoms with Gasteiger partial charge in [0.1, 0.15) is 4.99 Å². The van der Waals surface area contributed by atoms with Crippen molar-refractivity contribution >= 4 is 23.1 Å². The topological polar surface area (TPSA) is 72.9 Å². The van der Waals surface area contributed by atoms with Crippen molar-refractivity contribution in [2.45, 2.75) is 31.5 Å². The Bertz CT molecular complexity index is 828. The molecule has 1 unspecified atom stereocenters. The average Bonchev–Trinajstić information content (AvgIpc) is 2.55. The number of hydrogen-bond donors (Lipinski definition) is 3. The SMILES string of the molecule is Cc1cccc[n+]1C1[C@H](c2cccnc2)C(=C=N)C(=S)N[C@@]1(C)O. The van der Waals surface area contributed by atoms with Gasteiger partial charge in [0.2, 0.25) is 6.04 Å². The highest BCUT2D eigenvalue weighted by Crippen LogP contribution is 2.40. The molecule has 1 aliphatic rings. The van der Waals surface area contributed by atoms with Gasteiger partial charge in [-0.15, -0.1) is 0 Å². The van der Waals surface area contributed by atoms with Gasteiger partial charge >= 0.3 is 0 Å². The first-order chi connectivity index (χ1) is 11.5. The molecule has 1 saturated heterocycles. The van der Waals surface area contributed by atoms with Crippen LogP contribution in [0.4, 0.5) is 0 Å². The van der Waals surface area contributed by atoms with Crippen molar-refractivity contribution in [1.29, 1.82) is 5.41 Å². The molecule has 0 saturated carbocycles. The van der Waals surface area contributed by atoms with Crippen LogP contribution < -0.4 is 9.88 Å². The van der Waals surface area contributed by atoms with Crippen LogP contribution in [0.5, 0.6) is 0 Å². The Balaban J connectivity index is 2.26. The predicted octanol–water partition coefficient (Wildman–Crippen LogP) is 1.82. The van der Waals surface area contributed by atoms with Crippen LogP contribution in [0, 0.1) is 12.3 Å². The van der Waals surface area contributed by atoms with E-state index in [4.69, 9.17) is 17.6 Å². The summed E-state index contributed by atoms with van der Waals surface area (Å²) in [5, 5.41) is 21.8. The minimum absolute atomic E-state index is 0.328. The van der Waals surface area contributed by atoms with Crippen molar-refractivity contribution in [1.82, 2.24) is 10.3 Å². The normalized spacial score (nSPS) is 26.6. The van der Waals surface area contributed by atoms with Crippen LogP contribution >= 0.6 is 12.2 Å². The second-order valence-electron chi connectivity index (χ2n) is 6.10. The lowest BCUT2D eigenvalue weighted by Gasteiger charge is -2.41. The van der Waals surface area contributed by atoms with Gasteiger partial charge < -0.3 is 10.4 Å². The summed E-state index contributed by atoms with van der Waals surface area (Å²) in [5.41, 5.74) is 1.15. The monoisotopic (exact) mass is 339 g/mol. The van der Waals surface area contributed by atoms with E-state index in [1.807, 2.05) is 48.0 Å². The Kier molecular flexibility index (Phi) is 4.28. The Labute approximate surface area is 146 Å². The molecule has 3 rings (SSSR count). The maximum atomic E-state index is 11.1. The molecule has 1 fully saturated rings. The predicted molar refractivity (Wildman–Crippen MR) is 95.0 cm³/mol. The van der Waals surface area contributed by atoms with Crippen molar-refractivity contribution in [3.63, 3.8) is 0 Å². The molecule has 24 heavy (non-hydrogen) atoms. The third kappa shape index (κ3) is 2.76. The van der Waals surface area contributed by atoms with Crippen LogP contribution in [0.3, 0.4) is 0 Å². The van der Waals surface area contributed by atoms with Crippen molar-refractivity contribution in [3.05, 3.63) is 65.8 Å². The Morgan fingerprint density at radius 3 is 2.79 bits per heavy atom. The fourth-order valence-corrected chi connectivity index (χ4v) is 3.71. The quantitative estimate of drug-likeness (QED) is 0.338. The van der Waals surface area contributed by atoms with E-state index in [9.17, 15) is 5.11 Å². The summed E-state index contributed by atoms with van der Waals surface area (Å²) in [6, 6.07) is 9.23. The van der Waals surface area contributed by atoms with Gasteiger partial charge in [0, 0.05) is 31.5 Å². The van der Waals surface area contributed by atoms with Gasteiger partial charge in [-0.05, 0) is 24.4 Å². The summed E-state index contributed by atoms with van der Waals surface area (Å²) in [5.74, 6) is 2.14. The number of aliphatic hydroxyl groups is 1. The number of rotatable bonds is 2. The number of piperidine rings is 1. The first-order valence-corrected chi connectivity index (χ1v) is 8.07. The largest absolute Gasteiger partial charge is 0.366 e. The highest BCUT2D eigenvalue weighted by molar-refractivity contribution is 7.80. The number of pyridine rings is 2. The Morgan fingerprint density at radius 2 is 2.17 bits per heavy atom. The lowest BCUT2D eigenvalue weighted by atomic mass is 9.77. The molecule has 1 aliphatic heterocycles. The van der Waals surface area contributed by atoms with Gasteiger partial charge in [-0.2, -0.15) is 4.57 Å². The van der Waals surface area contributed by atoms with Gasteiger partial charge in [0.15, 0.2) is 17.6 Å². The van der Waals surface area contributed by atoms with Gasteiger partial charge in [0.05, 0.1) is 11.5 Å². The summed E-state index contributed by atoms with van der Waals surface area (Å²) >= 11 is 5.37. The van der Waals surface area contributed by atoms with Gasteiger partial charge in [-0.25, -0.2) is 0 Å². The van der Waals surface area contributed by atoms with Crippen LogP contribution in [0.1, 0.15) is 30.1 Å². The third-order valence-electron chi connectivity index (χ3n) is 4.39. The minimum Gasteiger partial charge on any atom is -0.366 e. The summed E-state index contributed by atoms with van der Waals surface area (Å²) < 4.78 is 2.00. The van der Waals surface area contributed by atoms with Crippen molar-refractivity contribution < 1.29 is 9.67 Å². The third-order valence-corrected chi connectivity index (χ3v) is 4.72. The van der Waals surface area contributed by atoms with Crippen molar-refractivity contribution in [2.24, 2.45) is 0 Å². The van der Waals surface area contributed by atoms with Crippen LogP contribution in [0.2, 0.25) is 0 Å². The lowest BCUT2D eigenvalue weighted by Crippen LogP contribution is -2.66. The summed E-state index contributed by atoms with van der Waals surface area (Å²) in [7, 11) is 0. The molecule has 3 atom stereocenters. The molecular weight excluding hydrogens is 320 g/mol. The first-order valence-electron chi connectivity index (χ1n) is 7.67. The number of hydrogen-bond acceptors (Lipinski definition) is 4. The molecule has 0 aliphatic carbocycles. The second-order valence-corrected chi connectivity index (χ2v) is 6.51. The zero-order valence-electron chi connectivity index (χ0n) is 13.5. The van der Waals surface area contributed by atoms with E-state index >= 15 is 0 Å². The van der Waals surface area contributed by atoms with E-state index in [1.54, 1.807) is 19.3 Å². The number of nitrogens with one attached hydrogen (secondary N) is 2. The van der Waals surface area contributed by atoms with E-state index in [2.05, 4.69) is 16.2 Å². The number of thiocarbonyl (C=S) groups is 1. The van der Waals surface area contributed by atoms with Crippen LogP contribution in [0.25, 0.3) is 0 Å². The maximum Gasteiger partial charge on any atom is 0.216 e. The molecule has 3 heterocycles. The molecular formula is C18H19N4OS+. The smallest absolute Gasteiger partial charge is 0.216 e. The maximum absolute atomic E-state index is 11.1. The molecule has 0 aromatic carbocycles. The van der Waals surface area contributed by atoms with Gasteiger partial charge in [0.25, 0.3) is 0 Å². The molecule has 5 nitrogen and oxygen atoms in total. The molecule has 2 aromatic rings. The summed E-state index contributed by atoms with van der Waals surface area (Å²) in [6.07, 6.45) is 5.37. The number of aryl methyl sites for hydroxylation is 1. The molecule has 6 heteroatoms. The summed E-state index contributed by atoms with van der Waals surface area (Å²) in [4.78, 5) is 4.54. The molecule has 0 amide bonds. The average molecular weight is 339 g/mol. The van der Waals surface area contributed by atoms with Crippen LogP contribution in [0.15, 0.2) is 54.5 Å². The van der Waals surface area contributed by atoms with E-state index in [1.165, 1.54) is 0 Å².